The fourth-order valence-electron chi connectivity index (χ4n) is 2.18. The maximum absolute atomic E-state index is 12.1. The van der Waals surface area contributed by atoms with Crippen molar-refractivity contribution in [3.63, 3.8) is 0 Å². The maximum Gasteiger partial charge on any atom is 0.224 e. The van der Waals surface area contributed by atoms with Crippen LogP contribution in [-0.2, 0) is 11.3 Å². The first-order chi connectivity index (χ1) is 8.32. The summed E-state index contributed by atoms with van der Waals surface area (Å²) in [5, 5.41) is 14.2. The van der Waals surface area contributed by atoms with Crippen LogP contribution in [0.25, 0.3) is 0 Å². The first-order valence-electron chi connectivity index (χ1n) is 6.14. The van der Waals surface area contributed by atoms with E-state index in [0.717, 1.165) is 0 Å². The van der Waals surface area contributed by atoms with Crippen LogP contribution in [0.1, 0.15) is 27.2 Å². The molecule has 1 aromatic heterocycles. The molecule has 0 bridgehead atoms. The number of aromatic nitrogens is 3. The van der Waals surface area contributed by atoms with E-state index >= 15 is 0 Å². The van der Waals surface area contributed by atoms with Crippen molar-refractivity contribution in [3.05, 3.63) is 12.7 Å². The van der Waals surface area contributed by atoms with Crippen molar-refractivity contribution in [1.29, 1.82) is 0 Å². The van der Waals surface area contributed by atoms with E-state index in [4.69, 9.17) is 0 Å². The van der Waals surface area contributed by atoms with Crippen LogP contribution in [0.5, 0.6) is 0 Å². The molecule has 0 unspecified atom stereocenters. The van der Waals surface area contributed by atoms with Crippen LogP contribution >= 0.6 is 0 Å². The van der Waals surface area contributed by atoms with Crippen LogP contribution in [0, 0.1) is 5.41 Å². The van der Waals surface area contributed by atoms with Crippen molar-refractivity contribution < 1.29 is 9.90 Å². The molecule has 1 amide bonds. The van der Waals surface area contributed by atoms with Crippen LogP contribution in [0.3, 0.4) is 0 Å². The zero-order valence-electron chi connectivity index (χ0n) is 11.1. The molecule has 6 heteroatoms. The zero-order valence-corrected chi connectivity index (χ0v) is 11.1. The topological polar surface area (TPSA) is 71.2 Å². The van der Waals surface area contributed by atoms with Gasteiger partial charge in [0.15, 0.2) is 0 Å². The predicted octanol–water partition coefficient (Wildman–Crippen LogP) is 0.288. The van der Waals surface area contributed by atoms with E-state index < -0.39 is 5.60 Å². The highest BCUT2D eigenvalue weighted by Gasteiger charge is 2.48. The van der Waals surface area contributed by atoms with Crippen LogP contribution in [0.2, 0.25) is 0 Å². The van der Waals surface area contributed by atoms with E-state index in [1.807, 2.05) is 13.8 Å². The van der Waals surface area contributed by atoms with Crippen molar-refractivity contribution in [1.82, 2.24) is 19.7 Å². The molecule has 1 atom stereocenters. The summed E-state index contributed by atoms with van der Waals surface area (Å²) < 4.78 is 1.64. The molecular formula is C12H20N4O2. The molecule has 0 aliphatic carbocycles. The minimum atomic E-state index is -0.823. The number of hydrogen-bond acceptors (Lipinski definition) is 4. The summed E-state index contributed by atoms with van der Waals surface area (Å²) in [4.78, 5) is 17.6. The summed E-state index contributed by atoms with van der Waals surface area (Å²) in [6, 6.07) is 0. The number of hydrogen-bond donors (Lipinski definition) is 1. The van der Waals surface area contributed by atoms with Crippen molar-refractivity contribution in [2.75, 3.05) is 13.1 Å². The molecule has 2 heterocycles. The van der Waals surface area contributed by atoms with Crippen molar-refractivity contribution in [2.45, 2.75) is 39.3 Å². The normalized spacial score (nSPS) is 26.6. The maximum atomic E-state index is 12.1. The third-order valence-electron chi connectivity index (χ3n) is 3.92. The largest absolute Gasteiger partial charge is 0.388 e. The highest BCUT2D eigenvalue weighted by Crippen LogP contribution is 2.38. The van der Waals surface area contributed by atoms with Crippen LogP contribution < -0.4 is 0 Å². The number of aryl methyl sites for hydroxylation is 1. The summed E-state index contributed by atoms with van der Waals surface area (Å²) in [6.45, 7) is 7.28. The van der Waals surface area contributed by atoms with E-state index in [0.29, 0.717) is 26.1 Å². The average molecular weight is 252 g/mol. The number of carbonyl (C=O) groups is 1. The van der Waals surface area contributed by atoms with Gasteiger partial charge in [0.1, 0.15) is 12.7 Å². The highest BCUT2D eigenvalue weighted by atomic mass is 16.3. The molecule has 0 aromatic carbocycles. The molecule has 1 aliphatic heterocycles. The van der Waals surface area contributed by atoms with Crippen LogP contribution in [0.4, 0.5) is 0 Å². The minimum Gasteiger partial charge on any atom is -0.388 e. The highest BCUT2D eigenvalue weighted by molar-refractivity contribution is 5.76. The van der Waals surface area contributed by atoms with Gasteiger partial charge in [0.05, 0.1) is 12.1 Å². The Balaban J connectivity index is 1.92. The third kappa shape index (κ3) is 2.38. The van der Waals surface area contributed by atoms with Gasteiger partial charge in [-0.05, 0) is 6.92 Å². The molecular weight excluding hydrogens is 232 g/mol. The second-order valence-corrected chi connectivity index (χ2v) is 5.82. The molecule has 1 N–H and O–H groups in total. The Bertz CT molecular complexity index is 409. The molecule has 1 saturated heterocycles. The molecule has 0 radical (unpaired) electrons. The summed E-state index contributed by atoms with van der Waals surface area (Å²) >= 11 is 0. The molecule has 0 saturated carbocycles. The van der Waals surface area contributed by atoms with E-state index in [1.54, 1.807) is 22.8 Å². The molecule has 18 heavy (non-hydrogen) atoms. The van der Waals surface area contributed by atoms with Gasteiger partial charge in [-0.3, -0.25) is 9.48 Å². The number of aliphatic hydroxyl groups is 1. The summed E-state index contributed by atoms with van der Waals surface area (Å²) in [5.41, 5.74) is -1.09. The summed E-state index contributed by atoms with van der Waals surface area (Å²) in [6.07, 6.45) is 3.43. The van der Waals surface area contributed by atoms with Gasteiger partial charge in [0.2, 0.25) is 5.91 Å². The lowest BCUT2D eigenvalue weighted by molar-refractivity contribution is -0.131. The second-order valence-electron chi connectivity index (χ2n) is 5.82. The van der Waals surface area contributed by atoms with Gasteiger partial charge in [-0.2, -0.15) is 5.10 Å². The van der Waals surface area contributed by atoms with Crippen LogP contribution in [0.15, 0.2) is 12.7 Å². The molecule has 0 spiro atoms. The fourth-order valence-corrected chi connectivity index (χ4v) is 2.18. The monoisotopic (exact) mass is 252 g/mol. The molecule has 1 aromatic rings. The molecule has 100 valence electrons. The number of amides is 1. The lowest BCUT2D eigenvalue weighted by Gasteiger charge is -2.30. The van der Waals surface area contributed by atoms with Gasteiger partial charge in [-0.25, -0.2) is 4.98 Å². The number of likely N-dealkylation sites (tertiary alicyclic amines) is 1. The predicted molar refractivity (Wildman–Crippen MR) is 65.6 cm³/mol. The number of carbonyl (C=O) groups excluding carboxylic acids is 1. The second kappa shape index (κ2) is 4.35. The zero-order chi connectivity index (χ0) is 13.4. The summed E-state index contributed by atoms with van der Waals surface area (Å²) in [7, 11) is 0. The number of rotatable bonds is 3. The Hall–Kier alpha value is -1.43. The SMILES string of the molecule is CC1(C)CN(C(=O)CCn2cncn2)C[C@]1(C)O. The Labute approximate surface area is 107 Å². The Morgan fingerprint density at radius 3 is 2.61 bits per heavy atom. The van der Waals surface area contributed by atoms with Crippen molar-refractivity contribution in [3.8, 4) is 0 Å². The molecule has 2 rings (SSSR count). The smallest absolute Gasteiger partial charge is 0.224 e. The Morgan fingerprint density at radius 2 is 2.11 bits per heavy atom. The van der Waals surface area contributed by atoms with E-state index in [2.05, 4.69) is 10.1 Å². The third-order valence-corrected chi connectivity index (χ3v) is 3.92. The lowest BCUT2D eigenvalue weighted by atomic mass is 9.79. The van der Waals surface area contributed by atoms with Gasteiger partial charge in [-0.15, -0.1) is 0 Å². The van der Waals surface area contributed by atoms with E-state index in [1.165, 1.54) is 6.33 Å². The Kier molecular flexibility index (Phi) is 3.14. The van der Waals surface area contributed by atoms with Crippen molar-refractivity contribution >= 4 is 5.91 Å². The fraction of sp³-hybridized carbons (Fsp3) is 0.750. The summed E-state index contributed by atoms with van der Waals surface area (Å²) in [5.74, 6) is 0.0522. The van der Waals surface area contributed by atoms with Gasteiger partial charge >= 0.3 is 0 Å². The first-order valence-corrected chi connectivity index (χ1v) is 6.14. The molecule has 1 fully saturated rings. The van der Waals surface area contributed by atoms with E-state index in [9.17, 15) is 9.90 Å². The van der Waals surface area contributed by atoms with Gasteiger partial charge in [-0.1, -0.05) is 13.8 Å². The minimum absolute atomic E-state index is 0.0522. The first kappa shape index (κ1) is 13.0. The quantitative estimate of drug-likeness (QED) is 0.839. The van der Waals surface area contributed by atoms with Gasteiger partial charge in [0, 0.05) is 24.9 Å². The number of nitrogens with zero attached hydrogens (tertiary/aromatic N) is 4. The van der Waals surface area contributed by atoms with E-state index in [-0.39, 0.29) is 11.3 Å². The van der Waals surface area contributed by atoms with Crippen LogP contribution in [-0.4, -0.2) is 49.4 Å². The van der Waals surface area contributed by atoms with Gasteiger partial charge < -0.3 is 10.0 Å². The molecule has 6 nitrogen and oxygen atoms in total. The van der Waals surface area contributed by atoms with Gasteiger partial charge in [0.25, 0.3) is 0 Å². The molecule has 1 aliphatic rings. The van der Waals surface area contributed by atoms with Crippen molar-refractivity contribution in [2.24, 2.45) is 5.41 Å². The average Bonchev–Trinajstić information content (AvgIpc) is 2.82. The lowest BCUT2D eigenvalue weighted by Crippen LogP contribution is -2.40. The standard InChI is InChI=1S/C12H20N4O2/c1-11(2)6-15(7-12(11,3)18)10(17)4-5-16-9-13-8-14-16/h8-9,18H,4-7H2,1-3H3/t12-/m0/s1. The Morgan fingerprint density at radius 1 is 1.39 bits per heavy atom. The number of β-amino-alcohol motifs (C(OH)–C–C–N with tert-alkyl or cyclic N) is 1.